The minimum Gasteiger partial charge on any atom is -0.378 e. The molecule has 2 heterocycles. The highest BCUT2D eigenvalue weighted by atomic mass is 16.5. The number of rotatable bonds is 2. The van der Waals surface area contributed by atoms with Gasteiger partial charge < -0.3 is 14.6 Å². The number of carbonyl (C=O) groups is 1. The average Bonchev–Trinajstić information content (AvgIpc) is 2.52. The van der Waals surface area contributed by atoms with Crippen molar-refractivity contribution in [3.05, 3.63) is 45.1 Å². The van der Waals surface area contributed by atoms with Crippen molar-refractivity contribution in [3.63, 3.8) is 0 Å². The van der Waals surface area contributed by atoms with Crippen LogP contribution >= 0.6 is 0 Å². The highest BCUT2D eigenvalue weighted by molar-refractivity contribution is 5.79. The van der Waals surface area contributed by atoms with Gasteiger partial charge in [0.05, 0.1) is 24.1 Å². The van der Waals surface area contributed by atoms with E-state index in [1.54, 1.807) is 29.2 Å². The number of hydrogen-bond acceptors (Lipinski definition) is 4. The van der Waals surface area contributed by atoms with Gasteiger partial charge in [0.2, 0.25) is 5.91 Å². The second kappa shape index (κ2) is 5.53. The fourth-order valence-corrected chi connectivity index (χ4v) is 2.39. The zero-order chi connectivity index (χ0) is 14.8. The predicted molar refractivity (Wildman–Crippen MR) is 76.2 cm³/mol. The average molecular weight is 289 g/mol. The molecule has 1 aromatic heterocycles. The number of nitrogens with zero attached hydrogens (tertiary/aromatic N) is 2. The first-order valence-corrected chi connectivity index (χ1v) is 6.74. The molecule has 7 heteroatoms. The van der Waals surface area contributed by atoms with E-state index in [0.717, 1.165) is 4.57 Å². The molecule has 7 nitrogen and oxygen atoms in total. The van der Waals surface area contributed by atoms with Crippen molar-refractivity contribution < 1.29 is 9.53 Å². The highest BCUT2D eigenvalue weighted by Gasteiger charge is 2.19. The van der Waals surface area contributed by atoms with Crippen LogP contribution in [0.2, 0.25) is 0 Å². The quantitative estimate of drug-likeness (QED) is 0.811. The molecule has 0 atom stereocenters. The van der Waals surface area contributed by atoms with Gasteiger partial charge in [-0.1, -0.05) is 12.1 Å². The van der Waals surface area contributed by atoms with E-state index >= 15 is 0 Å². The SMILES string of the molecule is O=C(Cn1c(=O)[nH]c2ccccc2c1=O)N1CCOCC1. The molecule has 0 unspecified atom stereocenters. The van der Waals surface area contributed by atoms with Crippen LogP contribution in [0.1, 0.15) is 0 Å². The van der Waals surface area contributed by atoms with E-state index in [-0.39, 0.29) is 12.5 Å². The van der Waals surface area contributed by atoms with Crippen LogP contribution in [-0.2, 0) is 16.1 Å². The summed E-state index contributed by atoms with van der Waals surface area (Å²) in [5.41, 5.74) is -0.543. The van der Waals surface area contributed by atoms with Gasteiger partial charge in [0, 0.05) is 13.1 Å². The van der Waals surface area contributed by atoms with Gasteiger partial charge >= 0.3 is 5.69 Å². The van der Waals surface area contributed by atoms with E-state index in [1.165, 1.54) is 0 Å². The number of carbonyl (C=O) groups excluding carboxylic acids is 1. The predicted octanol–water partition coefficient (Wildman–Crippen LogP) is -0.451. The standard InChI is InChI=1S/C14H15N3O4/c18-12(16-5-7-21-8-6-16)9-17-13(19)10-3-1-2-4-11(10)15-14(17)20/h1-4H,5-9H2,(H,15,20). The molecule has 0 bridgehead atoms. The Morgan fingerprint density at radius 1 is 1.19 bits per heavy atom. The summed E-state index contributed by atoms with van der Waals surface area (Å²) >= 11 is 0. The summed E-state index contributed by atoms with van der Waals surface area (Å²) in [4.78, 5) is 40.7. The van der Waals surface area contributed by atoms with E-state index in [4.69, 9.17) is 4.74 Å². The molecule has 1 aliphatic heterocycles. The van der Waals surface area contributed by atoms with Crippen molar-refractivity contribution in [2.45, 2.75) is 6.54 Å². The van der Waals surface area contributed by atoms with Crippen LogP contribution in [0.25, 0.3) is 10.9 Å². The molecule has 21 heavy (non-hydrogen) atoms. The molecule has 1 N–H and O–H groups in total. The van der Waals surface area contributed by atoms with Gasteiger partial charge in [0.25, 0.3) is 5.56 Å². The summed E-state index contributed by atoms with van der Waals surface area (Å²) in [5.74, 6) is -0.249. The Labute approximate surface area is 119 Å². The largest absolute Gasteiger partial charge is 0.378 e. The van der Waals surface area contributed by atoms with Crippen molar-refractivity contribution in [2.75, 3.05) is 26.3 Å². The number of ether oxygens (including phenoxy) is 1. The van der Waals surface area contributed by atoms with Gasteiger partial charge in [-0.25, -0.2) is 4.79 Å². The van der Waals surface area contributed by atoms with Gasteiger partial charge in [-0.15, -0.1) is 0 Å². The van der Waals surface area contributed by atoms with Crippen molar-refractivity contribution in [1.82, 2.24) is 14.5 Å². The number of benzene rings is 1. The third kappa shape index (κ3) is 2.59. The number of amides is 1. The number of hydrogen-bond donors (Lipinski definition) is 1. The maximum Gasteiger partial charge on any atom is 0.329 e. The number of morpholine rings is 1. The minimum absolute atomic E-state index is 0.249. The van der Waals surface area contributed by atoms with Crippen LogP contribution in [0.4, 0.5) is 0 Å². The molecule has 3 rings (SSSR count). The van der Waals surface area contributed by atoms with E-state index in [2.05, 4.69) is 4.98 Å². The molecular weight excluding hydrogens is 274 g/mol. The number of fused-ring (bicyclic) bond motifs is 1. The normalized spacial score (nSPS) is 15.3. The summed E-state index contributed by atoms with van der Waals surface area (Å²) < 4.78 is 6.12. The maximum atomic E-state index is 12.3. The van der Waals surface area contributed by atoms with Crippen LogP contribution in [0.3, 0.4) is 0 Å². The lowest BCUT2D eigenvalue weighted by Gasteiger charge is -2.26. The molecule has 1 aliphatic rings. The van der Waals surface area contributed by atoms with E-state index in [9.17, 15) is 14.4 Å². The van der Waals surface area contributed by atoms with Crippen LogP contribution in [-0.4, -0.2) is 46.7 Å². The first-order valence-electron chi connectivity index (χ1n) is 6.74. The molecule has 1 aromatic carbocycles. The molecule has 2 aromatic rings. The lowest BCUT2D eigenvalue weighted by atomic mass is 10.2. The van der Waals surface area contributed by atoms with E-state index < -0.39 is 11.2 Å². The third-order valence-electron chi connectivity index (χ3n) is 3.55. The lowest BCUT2D eigenvalue weighted by Crippen LogP contribution is -2.46. The van der Waals surface area contributed by atoms with Crippen LogP contribution in [0, 0.1) is 0 Å². The Kier molecular flexibility index (Phi) is 3.57. The van der Waals surface area contributed by atoms with Gasteiger partial charge in [0.15, 0.2) is 0 Å². The third-order valence-corrected chi connectivity index (χ3v) is 3.55. The molecule has 110 valence electrons. The van der Waals surface area contributed by atoms with Crippen molar-refractivity contribution in [2.24, 2.45) is 0 Å². The van der Waals surface area contributed by atoms with Gasteiger partial charge in [-0.3, -0.25) is 14.2 Å². The van der Waals surface area contributed by atoms with Crippen molar-refractivity contribution >= 4 is 16.8 Å². The monoisotopic (exact) mass is 289 g/mol. The maximum absolute atomic E-state index is 12.3. The molecule has 1 saturated heterocycles. The Morgan fingerprint density at radius 3 is 2.67 bits per heavy atom. The fraction of sp³-hybridized carbons (Fsp3) is 0.357. The summed E-state index contributed by atoms with van der Waals surface area (Å²) in [7, 11) is 0. The summed E-state index contributed by atoms with van der Waals surface area (Å²) in [5, 5.41) is 0.395. The zero-order valence-electron chi connectivity index (χ0n) is 11.4. The molecule has 0 saturated carbocycles. The highest BCUT2D eigenvalue weighted by Crippen LogP contribution is 2.03. The van der Waals surface area contributed by atoms with Crippen LogP contribution < -0.4 is 11.2 Å². The zero-order valence-corrected chi connectivity index (χ0v) is 11.4. The number of H-pyrrole nitrogens is 1. The molecule has 0 spiro atoms. The molecule has 1 amide bonds. The fourth-order valence-electron chi connectivity index (χ4n) is 2.39. The van der Waals surface area contributed by atoms with Gasteiger partial charge in [-0.2, -0.15) is 0 Å². The Balaban J connectivity index is 1.95. The minimum atomic E-state index is -0.569. The summed E-state index contributed by atoms with van der Waals surface area (Å²) in [6, 6.07) is 6.74. The van der Waals surface area contributed by atoms with Crippen LogP contribution in [0.5, 0.6) is 0 Å². The van der Waals surface area contributed by atoms with E-state index in [0.29, 0.717) is 37.2 Å². The molecular formula is C14H15N3O4. The van der Waals surface area contributed by atoms with Gasteiger partial charge in [0.1, 0.15) is 6.54 Å². The smallest absolute Gasteiger partial charge is 0.329 e. The van der Waals surface area contributed by atoms with Crippen molar-refractivity contribution in [1.29, 1.82) is 0 Å². The summed E-state index contributed by atoms with van der Waals surface area (Å²) in [6.07, 6.45) is 0. The Bertz CT molecular complexity index is 787. The Morgan fingerprint density at radius 2 is 1.90 bits per heavy atom. The van der Waals surface area contributed by atoms with E-state index in [1.807, 2.05) is 0 Å². The second-order valence-corrected chi connectivity index (χ2v) is 4.86. The lowest BCUT2D eigenvalue weighted by molar-refractivity contribution is -0.136. The summed E-state index contributed by atoms with van der Waals surface area (Å²) in [6.45, 7) is 1.68. The number of para-hydroxylation sites is 1. The van der Waals surface area contributed by atoms with Gasteiger partial charge in [-0.05, 0) is 12.1 Å². The molecule has 1 fully saturated rings. The molecule has 0 aliphatic carbocycles. The molecule has 0 radical (unpaired) electrons. The van der Waals surface area contributed by atoms with Crippen molar-refractivity contribution in [3.8, 4) is 0 Å². The second-order valence-electron chi connectivity index (χ2n) is 4.86. The Hall–Kier alpha value is -2.41. The number of aromatic amines is 1. The number of nitrogens with one attached hydrogen (secondary N) is 1. The topological polar surface area (TPSA) is 84.4 Å². The first kappa shape index (κ1) is 13.6. The number of aromatic nitrogens is 2. The van der Waals surface area contributed by atoms with Crippen LogP contribution in [0.15, 0.2) is 33.9 Å². The first-order chi connectivity index (χ1) is 10.2.